The highest BCUT2D eigenvalue weighted by atomic mass is 16.3. The van der Waals surface area contributed by atoms with Crippen molar-refractivity contribution in [2.24, 2.45) is 5.41 Å². The second-order valence-corrected chi connectivity index (χ2v) is 7.11. The summed E-state index contributed by atoms with van der Waals surface area (Å²) in [6, 6.07) is 7.60. The van der Waals surface area contributed by atoms with Crippen LogP contribution in [-0.4, -0.2) is 29.0 Å². The van der Waals surface area contributed by atoms with E-state index in [-0.39, 0.29) is 5.41 Å². The fourth-order valence-electron chi connectivity index (χ4n) is 3.84. The number of benzene rings is 1. The normalized spacial score (nSPS) is 16.8. The molecule has 3 nitrogen and oxygen atoms in total. The number of aromatic hydroxyl groups is 1. The zero-order chi connectivity index (χ0) is 17.4. The van der Waals surface area contributed by atoms with E-state index in [1.807, 2.05) is 29.2 Å². The Labute approximate surface area is 146 Å². The van der Waals surface area contributed by atoms with Crippen molar-refractivity contribution in [3.8, 4) is 5.75 Å². The minimum atomic E-state index is 0.273. The molecule has 24 heavy (non-hydrogen) atoms. The average Bonchev–Trinajstić information content (AvgIpc) is 2.58. The van der Waals surface area contributed by atoms with E-state index in [9.17, 15) is 9.90 Å². The van der Waals surface area contributed by atoms with Gasteiger partial charge in [-0.1, -0.05) is 31.2 Å². The molecule has 1 fully saturated rings. The van der Waals surface area contributed by atoms with Crippen LogP contribution in [-0.2, 0) is 11.2 Å². The van der Waals surface area contributed by atoms with Crippen molar-refractivity contribution in [1.82, 2.24) is 4.90 Å². The molecule has 0 bridgehead atoms. The standard InChI is InChI=1S/C21H31NO2/c1-3-8-20(24)22-16-14-21(12-4-2,15-17-22)13-7-10-18-9-5-6-11-19(18)23/h4-6,9,11,23H,2-3,7-8,10,12-17H2,1H3. The van der Waals surface area contributed by atoms with Crippen LogP contribution in [0.1, 0.15) is 57.4 Å². The molecular weight excluding hydrogens is 298 g/mol. The summed E-state index contributed by atoms with van der Waals surface area (Å²) in [5, 5.41) is 9.90. The maximum absolute atomic E-state index is 12.1. The molecule has 132 valence electrons. The Morgan fingerprint density at radius 1 is 1.33 bits per heavy atom. The molecule has 1 aliphatic heterocycles. The van der Waals surface area contributed by atoms with Gasteiger partial charge < -0.3 is 10.0 Å². The number of hydrogen-bond donors (Lipinski definition) is 1. The van der Waals surface area contributed by atoms with Gasteiger partial charge in [-0.3, -0.25) is 4.79 Å². The van der Waals surface area contributed by atoms with Crippen LogP contribution in [0.25, 0.3) is 0 Å². The number of phenols is 1. The summed E-state index contributed by atoms with van der Waals surface area (Å²) < 4.78 is 0. The van der Waals surface area contributed by atoms with Crippen LogP contribution in [0.15, 0.2) is 36.9 Å². The van der Waals surface area contributed by atoms with E-state index in [2.05, 4.69) is 13.5 Å². The molecule has 1 aromatic rings. The summed E-state index contributed by atoms with van der Waals surface area (Å²) in [5.74, 6) is 0.703. The average molecular weight is 329 g/mol. The Balaban J connectivity index is 1.89. The molecule has 0 atom stereocenters. The number of carbonyl (C=O) groups excluding carboxylic acids is 1. The van der Waals surface area contributed by atoms with Crippen LogP contribution >= 0.6 is 0 Å². The molecule has 0 spiro atoms. The summed E-state index contributed by atoms with van der Waals surface area (Å²) in [6.45, 7) is 7.76. The van der Waals surface area contributed by atoms with Gasteiger partial charge >= 0.3 is 0 Å². The number of aryl methyl sites for hydroxylation is 1. The molecule has 0 unspecified atom stereocenters. The van der Waals surface area contributed by atoms with E-state index in [0.29, 0.717) is 18.1 Å². The number of hydrogen-bond acceptors (Lipinski definition) is 2. The van der Waals surface area contributed by atoms with Crippen LogP contribution < -0.4 is 0 Å². The Morgan fingerprint density at radius 3 is 2.67 bits per heavy atom. The van der Waals surface area contributed by atoms with Gasteiger partial charge in [0, 0.05) is 19.5 Å². The van der Waals surface area contributed by atoms with Crippen LogP contribution in [0.4, 0.5) is 0 Å². The third kappa shape index (κ3) is 4.86. The van der Waals surface area contributed by atoms with Crippen LogP contribution in [0.5, 0.6) is 5.75 Å². The summed E-state index contributed by atoms with van der Waals surface area (Å²) in [5.41, 5.74) is 1.30. The lowest BCUT2D eigenvalue weighted by Crippen LogP contribution is -2.43. The van der Waals surface area contributed by atoms with Gasteiger partial charge in [0.25, 0.3) is 0 Å². The quantitative estimate of drug-likeness (QED) is 0.702. The van der Waals surface area contributed by atoms with E-state index in [1.54, 1.807) is 6.07 Å². The molecule has 0 aliphatic carbocycles. The Hall–Kier alpha value is -1.77. The lowest BCUT2D eigenvalue weighted by Gasteiger charge is -2.42. The van der Waals surface area contributed by atoms with Crippen molar-refractivity contribution in [1.29, 1.82) is 0 Å². The van der Waals surface area contributed by atoms with Gasteiger partial charge in [-0.2, -0.15) is 0 Å². The first-order valence-electron chi connectivity index (χ1n) is 9.26. The predicted molar refractivity (Wildman–Crippen MR) is 99.0 cm³/mol. The number of para-hydroxylation sites is 1. The highest BCUT2D eigenvalue weighted by Gasteiger charge is 2.34. The predicted octanol–water partition coefficient (Wildman–Crippen LogP) is 4.70. The minimum Gasteiger partial charge on any atom is -0.508 e. The van der Waals surface area contributed by atoms with Gasteiger partial charge in [-0.15, -0.1) is 6.58 Å². The summed E-state index contributed by atoms with van der Waals surface area (Å²) in [7, 11) is 0. The lowest BCUT2D eigenvalue weighted by atomic mass is 9.72. The van der Waals surface area contributed by atoms with Crippen molar-refractivity contribution < 1.29 is 9.90 Å². The fourth-order valence-corrected chi connectivity index (χ4v) is 3.84. The van der Waals surface area contributed by atoms with Crippen LogP contribution in [0, 0.1) is 5.41 Å². The molecule has 2 rings (SSSR count). The fraction of sp³-hybridized carbons (Fsp3) is 0.571. The third-order valence-corrected chi connectivity index (χ3v) is 5.36. The molecule has 0 radical (unpaired) electrons. The number of allylic oxidation sites excluding steroid dienone is 1. The van der Waals surface area contributed by atoms with Gasteiger partial charge in [-0.05, 0) is 62.0 Å². The Kier molecular flexibility index (Phi) is 6.89. The number of carbonyl (C=O) groups is 1. The maximum atomic E-state index is 12.1. The van der Waals surface area contributed by atoms with Gasteiger partial charge in [-0.25, -0.2) is 0 Å². The maximum Gasteiger partial charge on any atom is 0.222 e. The minimum absolute atomic E-state index is 0.273. The van der Waals surface area contributed by atoms with Crippen molar-refractivity contribution in [2.75, 3.05) is 13.1 Å². The van der Waals surface area contributed by atoms with Gasteiger partial charge in [0.05, 0.1) is 0 Å². The van der Waals surface area contributed by atoms with Crippen molar-refractivity contribution >= 4 is 5.91 Å². The molecule has 1 amide bonds. The molecule has 1 aliphatic rings. The number of rotatable bonds is 8. The van der Waals surface area contributed by atoms with Crippen molar-refractivity contribution in [2.45, 2.75) is 58.3 Å². The summed E-state index contributed by atoms with van der Waals surface area (Å²) in [4.78, 5) is 14.1. The first-order chi connectivity index (χ1) is 11.6. The monoisotopic (exact) mass is 329 g/mol. The summed E-state index contributed by atoms with van der Waals surface area (Å²) in [6.07, 6.45) is 9.87. The largest absolute Gasteiger partial charge is 0.508 e. The second-order valence-electron chi connectivity index (χ2n) is 7.11. The number of nitrogens with zero attached hydrogens (tertiary/aromatic N) is 1. The Morgan fingerprint density at radius 2 is 2.04 bits per heavy atom. The summed E-state index contributed by atoms with van der Waals surface area (Å²) >= 11 is 0. The van der Waals surface area contributed by atoms with E-state index in [1.165, 1.54) is 0 Å². The third-order valence-electron chi connectivity index (χ3n) is 5.36. The smallest absolute Gasteiger partial charge is 0.222 e. The number of phenolic OH excluding ortho intramolecular Hbond substituents is 1. The number of likely N-dealkylation sites (tertiary alicyclic amines) is 1. The number of piperidine rings is 1. The molecule has 3 heteroatoms. The SMILES string of the molecule is C=CCC1(CCCc2ccccc2O)CCN(C(=O)CCC)CC1. The molecular formula is C21H31NO2. The van der Waals surface area contributed by atoms with Gasteiger partial charge in [0.2, 0.25) is 5.91 Å². The molecule has 0 aromatic heterocycles. The topological polar surface area (TPSA) is 40.5 Å². The van der Waals surface area contributed by atoms with E-state index < -0.39 is 0 Å². The molecule has 0 saturated carbocycles. The Bertz CT molecular complexity index is 545. The lowest BCUT2D eigenvalue weighted by molar-refractivity contribution is -0.133. The zero-order valence-corrected chi connectivity index (χ0v) is 15.0. The van der Waals surface area contributed by atoms with E-state index in [0.717, 1.165) is 63.6 Å². The molecule has 1 N–H and O–H groups in total. The highest BCUT2D eigenvalue weighted by molar-refractivity contribution is 5.76. The van der Waals surface area contributed by atoms with Crippen LogP contribution in [0.2, 0.25) is 0 Å². The first-order valence-corrected chi connectivity index (χ1v) is 9.26. The van der Waals surface area contributed by atoms with Gasteiger partial charge in [0.15, 0.2) is 0 Å². The van der Waals surface area contributed by atoms with Crippen molar-refractivity contribution in [3.63, 3.8) is 0 Å². The highest BCUT2D eigenvalue weighted by Crippen LogP contribution is 2.40. The first kappa shape index (κ1) is 18.6. The van der Waals surface area contributed by atoms with Crippen molar-refractivity contribution in [3.05, 3.63) is 42.5 Å². The number of amides is 1. The van der Waals surface area contributed by atoms with Crippen LogP contribution in [0.3, 0.4) is 0 Å². The molecule has 1 aromatic carbocycles. The molecule has 1 heterocycles. The second kappa shape index (κ2) is 8.91. The molecule has 1 saturated heterocycles. The van der Waals surface area contributed by atoms with Gasteiger partial charge in [0.1, 0.15) is 5.75 Å². The van der Waals surface area contributed by atoms with E-state index >= 15 is 0 Å². The zero-order valence-electron chi connectivity index (χ0n) is 15.0. The van der Waals surface area contributed by atoms with E-state index in [4.69, 9.17) is 0 Å².